The van der Waals surface area contributed by atoms with Crippen molar-refractivity contribution < 1.29 is 39.4 Å². The second-order valence-electron chi connectivity index (χ2n) is 4.80. The Morgan fingerprint density at radius 3 is 2.50 bits per heavy atom. The van der Waals surface area contributed by atoms with Crippen LogP contribution in [0.15, 0.2) is 24.3 Å². The van der Waals surface area contributed by atoms with E-state index in [1.54, 1.807) is 12.1 Å². The van der Waals surface area contributed by atoms with E-state index in [4.69, 9.17) is 14.6 Å². The molecule has 5 atom stereocenters. The van der Waals surface area contributed by atoms with Crippen LogP contribution in [0.25, 0.3) is 0 Å². The van der Waals surface area contributed by atoms with E-state index in [1.165, 1.54) is 19.2 Å². The van der Waals surface area contributed by atoms with Gasteiger partial charge in [-0.15, -0.1) is 0 Å². The van der Waals surface area contributed by atoms with Gasteiger partial charge in [0.15, 0.2) is 0 Å². The van der Waals surface area contributed by atoms with Crippen LogP contribution in [-0.2, 0) is 9.47 Å². The highest BCUT2D eigenvalue weighted by molar-refractivity contribution is 5.92. The minimum Gasteiger partial charge on any atom is -0.465 e. The number of methoxy groups -OCH3 is 1. The number of rotatable bonds is 4. The molecule has 0 aromatic heterocycles. The first-order valence-corrected chi connectivity index (χ1v) is 6.64. The molecule has 8 nitrogen and oxygen atoms in total. The molecule has 1 fully saturated rings. The van der Waals surface area contributed by atoms with Crippen molar-refractivity contribution in [1.29, 1.82) is 0 Å². The van der Waals surface area contributed by atoms with Gasteiger partial charge in [-0.05, 0) is 12.1 Å². The summed E-state index contributed by atoms with van der Waals surface area (Å²) in [7, 11) is 1.22. The standard InChI is InChI=1S/C14H18O8/c1-20-13(19)7-4-2-3-5-8(7)21-14-12(18)11(17)10(16)9(6-15)22-14/h2-5,9-12,14-18H,6H2,1H3. The number of ether oxygens (including phenoxy) is 3. The molecule has 122 valence electrons. The molecule has 0 amide bonds. The highest BCUT2D eigenvalue weighted by Crippen LogP contribution is 2.26. The molecule has 8 heteroatoms. The fourth-order valence-corrected chi connectivity index (χ4v) is 2.14. The van der Waals surface area contributed by atoms with Gasteiger partial charge >= 0.3 is 5.97 Å². The van der Waals surface area contributed by atoms with E-state index in [1.807, 2.05) is 0 Å². The Labute approximate surface area is 126 Å². The summed E-state index contributed by atoms with van der Waals surface area (Å²) >= 11 is 0. The zero-order valence-corrected chi connectivity index (χ0v) is 11.8. The first kappa shape index (κ1) is 16.7. The van der Waals surface area contributed by atoms with Gasteiger partial charge in [0.2, 0.25) is 6.29 Å². The van der Waals surface area contributed by atoms with Crippen molar-refractivity contribution in [3.8, 4) is 5.75 Å². The van der Waals surface area contributed by atoms with Crippen molar-refractivity contribution in [2.75, 3.05) is 13.7 Å². The molecule has 0 radical (unpaired) electrons. The van der Waals surface area contributed by atoms with Gasteiger partial charge in [-0.2, -0.15) is 0 Å². The zero-order chi connectivity index (χ0) is 16.3. The summed E-state index contributed by atoms with van der Waals surface area (Å²) in [4.78, 5) is 11.7. The minimum absolute atomic E-state index is 0.0821. The average molecular weight is 314 g/mol. The Morgan fingerprint density at radius 2 is 1.86 bits per heavy atom. The van der Waals surface area contributed by atoms with Crippen LogP contribution < -0.4 is 4.74 Å². The number of benzene rings is 1. The Bertz CT molecular complexity index is 517. The number of para-hydroxylation sites is 1. The maximum absolute atomic E-state index is 11.7. The molecule has 1 heterocycles. The molecule has 0 spiro atoms. The van der Waals surface area contributed by atoms with Crippen LogP contribution >= 0.6 is 0 Å². The third-order valence-corrected chi connectivity index (χ3v) is 3.38. The van der Waals surface area contributed by atoms with Crippen LogP contribution in [0.3, 0.4) is 0 Å². The van der Waals surface area contributed by atoms with Crippen LogP contribution in [0, 0.1) is 0 Å². The molecule has 4 N–H and O–H groups in total. The zero-order valence-electron chi connectivity index (χ0n) is 11.8. The third-order valence-electron chi connectivity index (χ3n) is 3.38. The molecular formula is C14H18O8. The summed E-state index contributed by atoms with van der Waals surface area (Å²) in [6, 6.07) is 6.14. The van der Waals surface area contributed by atoms with Gasteiger partial charge in [0.1, 0.15) is 35.7 Å². The predicted octanol–water partition coefficient (Wildman–Crippen LogP) is -1.35. The highest BCUT2D eigenvalue weighted by Gasteiger charge is 2.44. The van der Waals surface area contributed by atoms with E-state index < -0.39 is 43.3 Å². The molecule has 22 heavy (non-hydrogen) atoms. The van der Waals surface area contributed by atoms with Crippen molar-refractivity contribution in [1.82, 2.24) is 0 Å². The van der Waals surface area contributed by atoms with Gasteiger partial charge in [-0.3, -0.25) is 0 Å². The molecule has 1 aromatic carbocycles. The lowest BCUT2D eigenvalue weighted by Crippen LogP contribution is -2.60. The summed E-state index contributed by atoms with van der Waals surface area (Å²) in [6.07, 6.45) is -7.03. The number of hydrogen-bond donors (Lipinski definition) is 4. The lowest BCUT2D eigenvalue weighted by Gasteiger charge is -2.39. The normalized spacial score (nSPS) is 31.6. The number of carbonyl (C=O) groups is 1. The van der Waals surface area contributed by atoms with Crippen molar-refractivity contribution >= 4 is 5.97 Å². The number of carbonyl (C=O) groups excluding carboxylic acids is 1. The Morgan fingerprint density at radius 1 is 1.18 bits per heavy atom. The van der Waals surface area contributed by atoms with Crippen molar-refractivity contribution in [3.63, 3.8) is 0 Å². The largest absolute Gasteiger partial charge is 0.465 e. The maximum Gasteiger partial charge on any atom is 0.341 e. The van der Waals surface area contributed by atoms with Gasteiger partial charge < -0.3 is 34.6 Å². The molecule has 1 aliphatic rings. The summed E-state index contributed by atoms with van der Waals surface area (Å²) < 4.78 is 15.3. The van der Waals surface area contributed by atoms with Crippen LogP contribution in [0.2, 0.25) is 0 Å². The van der Waals surface area contributed by atoms with Crippen molar-refractivity contribution in [3.05, 3.63) is 29.8 Å². The summed E-state index contributed by atoms with van der Waals surface area (Å²) in [6.45, 7) is -0.566. The van der Waals surface area contributed by atoms with E-state index in [0.717, 1.165) is 0 Å². The third kappa shape index (κ3) is 3.21. The molecule has 5 unspecified atom stereocenters. The van der Waals surface area contributed by atoms with Gasteiger partial charge in [0, 0.05) is 0 Å². The van der Waals surface area contributed by atoms with Gasteiger partial charge in [-0.25, -0.2) is 4.79 Å². The van der Waals surface area contributed by atoms with E-state index in [0.29, 0.717) is 0 Å². The number of aliphatic hydroxyl groups is 4. The van der Waals surface area contributed by atoms with Crippen molar-refractivity contribution in [2.24, 2.45) is 0 Å². The molecular weight excluding hydrogens is 296 g/mol. The number of hydrogen-bond acceptors (Lipinski definition) is 8. The van der Waals surface area contributed by atoms with Gasteiger partial charge in [0.05, 0.1) is 13.7 Å². The summed E-state index contributed by atoms with van der Waals surface area (Å²) in [5.41, 5.74) is 0.113. The first-order chi connectivity index (χ1) is 10.5. The average Bonchev–Trinajstić information content (AvgIpc) is 2.55. The van der Waals surface area contributed by atoms with Crippen LogP contribution in [-0.4, -0.2) is 70.8 Å². The highest BCUT2D eigenvalue weighted by atomic mass is 16.7. The van der Waals surface area contributed by atoms with Crippen LogP contribution in [0.5, 0.6) is 5.75 Å². The first-order valence-electron chi connectivity index (χ1n) is 6.64. The summed E-state index contributed by atoms with van der Waals surface area (Å²) in [5, 5.41) is 38.4. The topological polar surface area (TPSA) is 126 Å². The van der Waals surface area contributed by atoms with Gasteiger partial charge in [-0.1, -0.05) is 12.1 Å². The summed E-state index contributed by atoms with van der Waals surface area (Å²) in [5.74, 6) is -0.557. The Hall–Kier alpha value is -1.71. The predicted molar refractivity (Wildman–Crippen MR) is 72.2 cm³/mol. The van der Waals surface area contributed by atoms with E-state index >= 15 is 0 Å². The number of esters is 1. The Balaban J connectivity index is 2.21. The van der Waals surface area contributed by atoms with E-state index in [2.05, 4.69) is 4.74 Å². The molecule has 0 saturated carbocycles. The monoisotopic (exact) mass is 314 g/mol. The maximum atomic E-state index is 11.7. The molecule has 2 rings (SSSR count). The van der Waals surface area contributed by atoms with E-state index in [9.17, 15) is 20.1 Å². The van der Waals surface area contributed by atoms with Crippen LogP contribution in [0.1, 0.15) is 10.4 Å². The minimum atomic E-state index is -1.55. The van der Waals surface area contributed by atoms with E-state index in [-0.39, 0.29) is 11.3 Å². The Kier molecular flexibility index (Phi) is 5.33. The second kappa shape index (κ2) is 7.03. The molecule has 1 saturated heterocycles. The lowest BCUT2D eigenvalue weighted by molar-refractivity contribution is -0.277. The smallest absolute Gasteiger partial charge is 0.341 e. The lowest BCUT2D eigenvalue weighted by atomic mass is 9.99. The quantitative estimate of drug-likeness (QED) is 0.503. The fraction of sp³-hybridized carbons (Fsp3) is 0.500. The second-order valence-corrected chi connectivity index (χ2v) is 4.80. The van der Waals surface area contributed by atoms with Gasteiger partial charge in [0.25, 0.3) is 0 Å². The molecule has 1 aromatic rings. The molecule has 0 bridgehead atoms. The van der Waals surface area contributed by atoms with Crippen LogP contribution in [0.4, 0.5) is 0 Å². The van der Waals surface area contributed by atoms with Crippen molar-refractivity contribution in [2.45, 2.75) is 30.7 Å². The molecule has 1 aliphatic heterocycles. The number of aliphatic hydroxyl groups excluding tert-OH is 4. The fourth-order valence-electron chi connectivity index (χ4n) is 2.14. The SMILES string of the molecule is COC(=O)c1ccccc1OC1OC(CO)C(O)C(O)C1O. The molecule has 0 aliphatic carbocycles.